The van der Waals surface area contributed by atoms with Crippen molar-refractivity contribution in [1.29, 1.82) is 0 Å². The number of aromatic nitrogens is 4. The van der Waals surface area contributed by atoms with E-state index in [1.807, 2.05) is 6.07 Å². The number of anilines is 1. The molecule has 3 atom stereocenters. The Morgan fingerprint density at radius 3 is 2.70 bits per heavy atom. The molecule has 0 spiro atoms. The number of aliphatic hydroxyl groups excluding tert-OH is 2. The number of imidazole rings is 1. The Morgan fingerprint density at radius 1 is 1.15 bits per heavy atom. The molecule has 2 fully saturated rings. The predicted molar refractivity (Wildman–Crippen MR) is 119 cm³/mol. The Balaban J connectivity index is 1.40. The molecule has 0 bridgehead atoms. The molecule has 1 aliphatic carbocycles. The van der Waals surface area contributed by atoms with Gasteiger partial charge in [-0.15, -0.1) is 0 Å². The van der Waals surface area contributed by atoms with Gasteiger partial charge in [-0.1, -0.05) is 12.1 Å². The monoisotopic (exact) mass is 453 g/mol. The summed E-state index contributed by atoms with van der Waals surface area (Å²) < 4.78 is 7.90. The van der Waals surface area contributed by atoms with Gasteiger partial charge in [-0.25, -0.2) is 19.7 Å². The molecule has 0 amide bonds. The lowest BCUT2D eigenvalue weighted by Gasteiger charge is -2.26. The third-order valence-electron chi connectivity index (χ3n) is 6.71. The number of benzene rings is 1. The van der Waals surface area contributed by atoms with E-state index in [1.54, 1.807) is 30.0 Å². The first-order valence-electron chi connectivity index (χ1n) is 11.2. The molecule has 1 aliphatic heterocycles. The van der Waals surface area contributed by atoms with Crippen molar-refractivity contribution in [2.45, 2.75) is 69.6 Å². The summed E-state index contributed by atoms with van der Waals surface area (Å²) in [6.07, 6.45) is 4.39. The zero-order valence-corrected chi connectivity index (χ0v) is 18.3. The molecule has 10 heteroatoms. The normalized spacial score (nSPS) is 27.7. The number of ether oxygens (including phenoxy) is 1. The molecule has 5 rings (SSSR count). The molecule has 1 saturated carbocycles. The number of nitrogens with zero attached hydrogens (tertiary/aromatic N) is 4. The summed E-state index contributed by atoms with van der Waals surface area (Å²) in [6.45, 7) is 1.75. The molecule has 10 nitrogen and oxygen atoms in total. The van der Waals surface area contributed by atoms with E-state index < -0.39 is 24.4 Å². The number of carboxylic acid groups (broad SMARTS) is 1. The van der Waals surface area contributed by atoms with Crippen LogP contribution in [0.2, 0.25) is 0 Å². The van der Waals surface area contributed by atoms with Crippen LogP contribution in [-0.4, -0.2) is 59.1 Å². The first-order chi connectivity index (χ1) is 15.9. The first-order valence-corrected chi connectivity index (χ1v) is 11.2. The minimum Gasteiger partial charge on any atom is -0.478 e. The molecule has 3 aromatic rings. The number of carbonyl (C=O) groups is 1. The molecule has 4 N–H and O–H groups in total. The Morgan fingerprint density at radius 2 is 1.94 bits per heavy atom. The summed E-state index contributed by atoms with van der Waals surface area (Å²) in [7, 11) is 0. The number of aliphatic hydroxyl groups is 2. The van der Waals surface area contributed by atoms with Crippen molar-refractivity contribution in [1.82, 2.24) is 19.5 Å². The second-order valence-corrected chi connectivity index (χ2v) is 8.84. The van der Waals surface area contributed by atoms with Crippen molar-refractivity contribution in [3.05, 3.63) is 47.5 Å². The Kier molecular flexibility index (Phi) is 5.73. The smallest absolute Gasteiger partial charge is 0.335 e. The number of aromatic carboxylic acids is 1. The highest BCUT2D eigenvalue weighted by molar-refractivity contribution is 5.89. The molecule has 1 aromatic carbocycles. The van der Waals surface area contributed by atoms with E-state index in [2.05, 4.69) is 20.3 Å². The van der Waals surface area contributed by atoms with E-state index in [0.717, 1.165) is 31.2 Å². The van der Waals surface area contributed by atoms with Gasteiger partial charge in [0.05, 0.1) is 24.1 Å². The zero-order chi connectivity index (χ0) is 23.1. The molecule has 3 heterocycles. The average Bonchev–Trinajstić information content (AvgIpc) is 3.39. The van der Waals surface area contributed by atoms with E-state index in [1.165, 1.54) is 6.33 Å². The Bertz CT molecular complexity index is 1170. The van der Waals surface area contributed by atoms with Crippen molar-refractivity contribution >= 4 is 23.0 Å². The number of carboxylic acids is 1. The fourth-order valence-electron chi connectivity index (χ4n) is 4.89. The van der Waals surface area contributed by atoms with Crippen LogP contribution in [-0.2, 0) is 4.74 Å². The maximum absolute atomic E-state index is 11.5. The largest absolute Gasteiger partial charge is 0.478 e. The lowest BCUT2D eigenvalue weighted by Crippen LogP contribution is -2.28. The summed E-state index contributed by atoms with van der Waals surface area (Å²) in [4.78, 5) is 24.7. The second-order valence-electron chi connectivity index (χ2n) is 8.84. The van der Waals surface area contributed by atoms with Crippen molar-refractivity contribution in [2.24, 2.45) is 0 Å². The van der Waals surface area contributed by atoms with Gasteiger partial charge in [0.1, 0.15) is 12.4 Å². The van der Waals surface area contributed by atoms with Gasteiger partial charge in [0.15, 0.2) is 23.2 Å². The van der Waals surface area contributed by atoms with Gasteiger partial charge in [-0.05, 0) is 49.8 Å². The van der Waals surface area contributed by atoms with Crippen LogP contribution in [0, 0.1) is 6.92 Å². The minimum atomic E-state index is -0.991. The molecular weight excluding hydrogens is 426 g/mol. The van der Waals surface area contributed by atoms with Crippen molar-refractivity contribution in [2.75, 3.05) is 5.32 Å². The van der Waals surface area contributed by atoms with Crippen molar-refractivity contribution in [3.8, 4) is 0 Å². The lowest BCUT2D eigenvalue weighted by atomic mass is 9.93. The van der Waals surface area contributed by atoms with Gasteiger partial charge in [0.2, 0.25) is 0 Å². The number of rotatable bonds is 5. The molecule has 1 unspecified atom stereocenters. The maximum atomic E-state index is 11.5. The topological polar surface area (TPSA) is 143 Å². The molecule has 2 aromatic heterocycles. The standard InChI is InChI=1S/C23H27N5O5/c1-12-15(3-2-4-16(12)23(31)32)18-9-17(30)22(33-18)28-11-26-19-20(24-10-25-21(19)28)27-13-5-7-14(29)8-6-13/h2-4,10-11,13-14,17-18,22,29-30H,5-9H2,1H3,(H,31,32)(H,24,25,27)/t13?,14?,17?,18-,22+/m0/s1. The molecule has 1 saturated heterocycles. The van der Waals surface area contributed by atoms with Gasteiger partial charge in [-0.2, -0.15) is 0 Å². The molecule has 174 valence electrons. The van der Waals surface area contributed by atoms with E-state index in [-0.39, 0.29) is 17.7 Å². The van der Waals surface area contributed by atoms with E-state index in [0.29, 0.717) is 29.0 Å². The van der Waals surface area contributed by atoms with Crippen LogP contribution in [0.5, 0.6) is 0 Å². The fraction of sp³-hybridized carbons (Fsp3) is 0.478. The Labute approximate surface area is 190 Å². The van der Waals surface area contributed by atoms with Gasteiger partial charge >= 0.3 is 5.97 Å². The van der Waals surface area contributed by atoms with Crippen molar-refractivity contribution in [3.63, 3.8) is 0 Å². The summed E-state index contributed by atoms with van der Waals surface area (Å²) in [5.41, 5.74) is 2.74. The van der Waals surface area contributed by atoms with Crippen molar-refractivity contribution < 1.29 is 24.9 Å². The highest BCUT2D eigenvalue weighted by Crippen LogP contribution is 2.41. The Hall–Kier alpha value is -3.08. The first kappa shape index (κ1) is 21.7. The molecule has 0 radical (unpaired) electrons. The zero-order valence-electron chi connectivity index (χ0n) is 18.3. The lowest BCUT2D eigenvalue weighted by molar-refractivity contribution is -0.0359. The van der Waals surface area contributed by atoms with Crippen LogP contribution in [0.25, 0.3) is 11.2 Å². The van der Waals surface area contributed by atoms with Crippen LogP contribution in [0.15, 0.2) is 30.9 Å². The average molecular weight is 453 g/mol. The van der Waals surface area contributed by atoms with E-state index in [4.69, 9.17) is 4.74 Å². The number of hydrogen-bond acceptors (Lipinski definition) is 8. The van der Waals surface area contributed by atoms with E-state index >= 15 is 0 Å². The quantitative estimate of drug-likeness (QED) is 0.458. The van der Waals surface area contributed by atoms with Crippen LogP contribution in [0.1, 0.15) is 65.9 Å². The highest BCUT2D eigenvalue weighted by atomic mass is 16.5. The van der Waals surface area contributed by atoms with Gasteiger partial charge in [-0.3, -0.25) is 4.57 Å². The van der Waals surface area contributed by atoms with Crippen LogP contribution < -0.4 is 5.32 Å². The van der Waals surface area contributed by atoms with Crippen LogP contribution in [0.4, 0.5) is 5.82 Å². The fourth-order valence-corrected chi connectivity index (χ4v) is 4.89. The summed E-state index contributed by atoms with van der Waals surface area (Å²) >= 11 is 0. The van der Waals surface area contributed by atoms with Gasteiger partial charge < -0.3 is 25.4 Å². The van der Waals surface area contributed by atoms with Crippen LogP contribution in [0.3, 0.4) is 0 Å². The number of hydrogen-bond donors (Lipinski definition) is 4. The molecular formula is C23H27N5O5. The van der Waals surface area contributed by atoms with Gasteiger partial charge in [0, 0.05) is 12.5 Å². The maximum Gasteiger partial charge on any atom is 0.335 e. The molecule has 2 aliphatic rings. The summed E-state index contributed by atoms with van der Waals surface area (Å²) in [5.74, 6) is -0.372. The second kappa shape index (κ2) is 8.69. The third kappa shape index (κ3) is 4.05. The third-order valence-corrected chi connectivity index (χ3v) is 6.71. The molecule has 33 heavy (non-hydrogen) atoms. The minimum absolute atomic E-state index is 0.207. The number of fused-ring (bicyclic) bond motifs is 1. The van der Waals surface area contributed by atoms with Crippen LogP contribution >= 0.6 is 0 Å². The SMILES string of the molecule is Cc1c(C(=O)O)cccc1[C@@H]1CC(O)[C@H](n2cnc3c(NC4CCC(O)CC4)ncnc32)O1. The van der Waals surface area contributed by atoms with Gasteiger partial charge in [0.25, 0.3) is 0 Å². The van der Waals surface area contributed by atoms with E-state index in [9.17, 15) is 20.1 Å². The number of nitrogens with one attached hydrogen (secondary N) is 1. The predicted octanol–water partition coefficient (Wildman–Crippen LogP) is 2.57. The summed E-state index contributed by atoms with van der Waals surface area (Å²) in [5, 5.41) is 33.4. The summed E-state index contributed by atoms with van der Waals surface area (Å²) in [6, 6.07) is 5.29. The highest BCUT2D eigenvalue weighted by Gasteiger charge is 2.38.